The summed E-state index contributed by atoms with van der Waals surface area (Å²) in [6, 6.07) is 7.60. The Labute approximate surface area is 123 Å². The molecule has 1 fully saturated rings. The zero-order valence-electron chi connectivity index (χ0n) is 12.2. The minimum atomic E-state index is -0.605. The van der Waals surface area contributed by atoms with Gasteiger partial charge in [-0.1, -0.05) is 23.8 Å². The first-order chi connectivity index (χ1) is 10.0. The molecule has 1 atom stereocenters. The zero-order valence-corrected chi connectivity index (χ0v) is 12.2. The van der Waals surface area contributed by atoms with Crippen LogP contribution in [0.25, 0.3) is 0 Å². The largest absolute Gasteiger partial charge is 0.388 e. The number of nitrogens with one attached hydrogen (secondary N) is 1. The molecule has 0 spiro atoms. The molecule has 1 heterocycles. The Morgan fingerprint density at radius 1 is 1.38 bits per heavy atom. The average molecular weight is 289 g/mol. The van der Waals surface area contributed by atoms with E-state index >= 15 is 0 Å². The lowest BCUT2D eigenvalue weighted by molar-refractivity contribution is -0.155. The smallest absolute Gasteiger partial charge is 0.341 e. The number of aryl methyl sites for hydroxylation is 1. The van der Waals surface area contributed by atoms with Gasteiger partial charge >= 0.3 is 11.9 Å². The summed E-state index contributed by atoms with van der Waals surface area (Å²) in [5, 5.41) is 2.91. The highest BCUT2D eigenvalue weighted by molar-refractivity contribution is 5.96. The van der Waals surface area contributed by atoms with Gasteiger partial charge in [0.05, 0.1) is 12.7 Å². The van der Waals surface area contributed by atoms with Crippen LogP contribution in [0, 0.1) is 6.92 Å². The lowest BCUT2D eigenvalue weighted by Gasteiger charge is -2.06. The molecule has 1 N–H and O–H groups in total. The van der Waals surface area contributed by atoms with Crippen molar-refractivity contribution < 1.29 is 19.1 Å². The Kier molecular flexibility index (Phi) is 5.11. The first-order valence-corrected chi connectivity index (χ1v) is 6.88. The van der Waals surface area contributed by atoms with Gasteiger partial charge in [-0.2, -0.15) is 0 Å². The van der Waals surface area contributed by atoms with Crippen molar-refractivity contribution in [3.05, 3.63) is 41.5 Å². The first-order valence-electron chi connectivity index (χ1n) is 6.88. The summed E-state index contributed by atoms with van der Waals surface area (Å²) in [5.41, 5.74) is 2.37. The maximum atomic E-state index is 11.7. The predicted molar refractivity (Wildman–Crippen MR) is 78.9 cm³/mol. The van der Waals surface area contributed by atoms with E-state index in [4.69, 9.17) is 9.47 Å². The van der Waals surface area contributed by atoms with E-state index < -0.39 is 11.9 Å². The number of benzene rings is 1. The molecular formula is C16H19NO4. The minimum Gasteiger partial charge on any atom is -0.388 e. The number of rotatable bonds is 6. The summed E-state index contributed by atoms with van der Waals surface area (Å²) in [6.07, 6.45) is 2.63. The number of hydrogen-bond acceptors (Lipinski definition) is 5. The first kappa shape index (κ1) is 15.3. The van der Waals surface area contributed by atoms with Gasteiger partial charge in [-0.3, -0.25) is 0 Å². The van der Waals surface area contributed by atoms with Gasteiger partial charge in [0.2, 0.25) is 0 Å². The fourth-order valence-corrected chi connectivity index (χ4v) is 1.66. The van der Waals surface area contributed by atoms with Crippen LogP contribution in [-0.4, -0.2) is 31.2 Å². The molecule has 1 aliphatic heterocycles. The molecule has 0 aromatic heterocycles. The standard InChI is InChI=1S/C16H19NO4/c1-11-3-6-13(7-4-11)17-9-15(18)21-16(19)12(2)5-8-14-10-20-14/h3-7,14,17H,8-10H2,1-2H3. The van der Waals surface area contributed by atoms with Crippen molar-refractivity contribution in [3.8, 4) is 0 Å². The molecule has 0 amide bonds. The Balaban J connectivity index is 1.74. The molecule has 112 valence electrons. The van der Waals surface area contributed by atoms with E-state index in [9.17, 15) is 9.59 Å². The van der Waals surface area contributed by atoms with E-state index in [-0.39, 0.29) is 12.6 Å². The highest BCUT2D eigenvalue weighted by Crippen LogP contribution is 2.15. The number of esters is 2. The third-order valence-corrected chi connectivity index (χ3v) is 3.11. The molecule has 1 aromatic rings. The number of carbonyl (C=O) groups is 2. The number of ether oxygens (including phenoxy) is 2. The van der Waals surface area contributed by atoms with Crippen molar-refractivity contribution in [2.24, 2.45) is 0 Å². The van der Waals surface area contributed by atoms with Gasteiger partial charge < -0.3 is 14.8 Å². The second kappa shape index (κ2) is 7.04. The van der Waals surface area contributed by atoms with Crippen LogP contribution in [0.1, 0.15) is 18.9 Å². The third-order valence-electron chi connectivity index (χ3n) is 3.11. The highest BCUT2D eigenvalue weighted by Gasteiger charge is 2.21. The van der Waals surface area contributed by atoms with Gasteiger partial charge in [0.1, 0.15) is 6.54 Å². The summed E-state index contributed by atoms with van der Waals surface area (Å²) >= 11 is 0. The fourth-order valence-electron chi connectivity index (χ4n) is 1.66. The van der Waals surface area contributed by atoms with Gasteiger partial charge in [-0.25, -0.2) is 9.59 Å². The lowest BCUT2D eigenvalue weighted by Crippen LogP contribution is -2.21. The molecule has 0 aliphatic carbocycles. The normalized spacial score (nSPS) is 17.2. The van der Waals surface area contributed by atoms with Crippen LogP contribution >= 0.6 is 0 Å². The van der Waals surface area contributed by atoms with E-state index in [1.54, 1.807) is 13.0 Å². The fraction of sp³-hybridized carbons (Fsp3) is 0.375. The maximum absolute atomic E-state index is 11.7. The molecule has 21 heavy (non-hydrogen) atoms. The highest BCUT2D eigenvalue weighted by atomic mass is 16.6. The number of anilines is 1. The Bertz CT molecular complexity index is 544. The van der Waals surface area contributed by atoms with Crippen molar-refractivity contribution in [2.75, 3.05) is 18.5 Å². The van der Waals surface area contributed by atoms with E-state index in [1.807, 2.05) is 31.2 Å². The zero-order chi connectivity index (χ0) is 15.2. The van der Waals surface area contributed by atoms with Gasteiger partial charge in [0.15, 0.2) is 0 Å². The third kappa shape index (κ3) is 5.39. The second-order valence-electron chi connectivity index (χ2n) is 5.06. The number of carbonyl (C=O) groups excluding carboxylic acids is 2. The van der Waals surface area contributed by atoms with Crippen LogP contribution < -0.4 is 5.32 Å². The number of epoxide rings is 1. The van der Waals surface area contributed by atoms with Crippen LogP contribution in [0.4, 0.5) is 5.69 Å². The number of hydrogen-bond donors (Lipinski definition) is 1. The van der Waals surface area contributed by atoms with Crippen molar-refractivity contribution >= 4 is 17.6 Å². The summed E-state index contributed by atoms with van der Waals surface area (Å²) in [5.74, 6) is -1.21. The van der Waals surface area contributed by atoms with Crippen LogP contribution in [0.2, 0.25) is 0 Å². The summed E-state index contributed by atoms with van der Waals surface area (Å²) in [6.45, 7) is 4.30. The molecule has 0 saturated carbocycles. The monoisotopic (exact) mass is 289 g/mol. The molecule has 5 nitrogen and oxygen atoms in total. The van der Waals surface area contributed by atoms with Crippen LogP contribution in [0.3, 0.4) is 0 Å². The van der Waals surface area contributed by atoms with Crippen LogP contribution in [-0.2, 0) is 19.1 Å². The SMILES string of the molecule is CC(=CCC1CO1)C(=O)OC(=O)CNc1ccc(C)cc1. The Morgan fingerprint density at radius 2 is 2.05 bits per heavy atom. The van der Waals surface area contributed by atoms with Gasteiger partial charge in [-0.15, -0.1) is 0 Å². The van der Waals surface area contributed by atoms with Gasteiger partial charge in [0.25, 0.3) is 0 Å². The summed E-state index contributed by atoms with van der Waals surface area (Å²) in [4.78, 5) is 23.3. The molecule has 1 aliphatic rings. The quantitative estimate of drug-likeness (QED) is 0.376. The van der Waals surface area contributed by atoms with E-state index in [2.05, 4.69) is 5.32 Å². The molecule has 0 bridgehead atoms. The van der Waals surface area contributed by atoms with Crippen molar-refractivity contribution in [1.82, 2.24) is 0 Å². The second-order valence-corrected chi connectivity index (χ2v) is 5.06. The molecular weight excluding hydrogens is 270 g/mol. The van der Waals surface area contributed by atoms with E-state index in [0.717, 1.165) is 17.9 Å². The summed E-state index contributed by atoms with van der Waals surface area (Å²) in [7, 11) is 0. The maximum Gasteiger partial charge on any atom is 0.341 e. The molecule has 1 saturated heterocycles. The predicted octanol–water partition coefficient (Wildman–Crippen LogP) is 2.21. The Hall–Kier alpha value is -2.14. The van der Waals surface area contributed by atoms with Crippen LogP contribution in [0.15, 0.2) is 35.9 Å². The summed E-state index contributed by atoms with van der Waals surface area (Å²) < 4.78 is 9.80. The van der Waals surface area contributed by atoms with Gasteiger partial charge in [0, 0.05) is 11.3 Å². The van der Waals surface area contributed by atoms with Gasteiger partial charge in [-0.05, 0) is 32.4 Å². The van der Waals surface area contributed by atoms with Crippen molar-refractivity contribution in [1.29, 1.82) is 0 Å². The van der Waals surface area contributed by atoms with E-state index in [0.29, 0.717) is 12.0 Å². The molecule has 1 unspecified atom stereocenters. The molecule has 0 radical (unpaired) electrons. The van der Waals surface area contributed by atoms with E-state index in [1.165, 1.54) is 0 Å². The molecule has 2 rings (SSSR count). The molecule has 1 aromatic carbocycles. The van der Waals surface area contributed by atoms with Crippen LogP contribution in [0.5, 0.6) is 0 Å². The lowest BCUT2D eigenvalue weighted by atomic mass is 10.2. The minimum absolute atomic E-state index is 0.0478. The van der Waals surface area contributed by atoms with Crippen molar-refractivity contribution in [3.63, 3.8) is 0 Å². The molecule has 5 heteroatoms. The average Bonchev–Trinajstić information content (AvgIpc) is 3.28. The topological polar surface area (TPSA) is 67.9 Å². The Morgan fingerprint density at radius 3 is 2.67 bits per heavy atom. The van der Waals surface area contributed by atoms with Crippen molar-refractivity contribution in [2.45, 2.75) is 26.4 Å².